The van der Waals surface area contributed by atoms with E-state index < -0.39 is 0 Å². The van der Waals surface area contributed by atoms with Crippen LogP contribution >= 0.6 is 0 Å². The predicted molar refractivity (Wildman–Crippen MR) is 53.0 cm³/mol. The molecule has 2 fully saturated rings. The van der Waals surface area contributed by atoms with Crippen LogP contribution in [0.1, 0.15) is 19.8 Å². The zero-order valence-electron chi connectivity index (χ0n) is 8.64. The van der Waals surface area contributed by atoms with Crippen LogP contribution in [-0.4, -0.2) is 38.3 Å². The Balaban J connectivity index is 1.76. The molecule has 2 heterocycles. The number of carbonyl (C=O) groups is 1. The Morgan fingerprint density at radius 1 is 1.64 bits per heavy atom. The molecular formula is C10H18N2O2. The van der Waals surface area contributed by atoms with Gasteiger partial charge >= 0.3 is 0 Å². The highest BCUT2D eigenvalue weighted by Gasteiger charge is 2.34. The first-order valence-electron chi connectivity index (χ1n) is 5.28. The van der Waals surface area contributed by atoms with Crippen molar-refractivity contribution in [2.24, 2.45) is 5.41 Å². The molecular weight excluding hydrogens is 180 g/mol. The van der Waals surface area contributed by atoms with Crippen LogP contribution in [0, 0.1) is 5.41 Å². The average molecular weight is 198 g/mol. The monoisotopic (exact) mass is 198 g/mol. The third-order valence-electron chi connectivity index (χ3n) is 2.96. The Labute approximate surface area is 84.4 Å². The first-order chi connectivity index (χ1) is 6.70. The number of hydrogen-bond donors (Lipinski definition) is 2. The van der Waals surface area contributed by atoms with Crippen molar-refractivity contribution in [3.8, 4) is 0 Å². The van der Waals surface area contributed by atoms with Crippen molar-refractivity contribution in [2.45, 2.75) is 25.8 Å². The first-order valence-corrected chi connectivity index (χ1v) is 5.28. The summed E-state index contributed by atoms with van der Waals surface area (Å²) in [5.74, 6) is 0.153. The molecule has 2 N–H and O–H groups in total. The van der Waals surface area contributed by atoms with Gasteiger partial charge in [-0.15, -0.1) is 0 Å². The predicted octanol–water partition coefficient (Wildman–Crippen LogP) is -0.109. The van der Waals surface area contributed by atoms with Crippen molar-refractivity contribution in [1.82, 2.24) is 10.6 Å². The molecule has 0 aromatic rings. The highest BCUT2D eigenvalue weighted by molar-refractivity contribution is 5.82. The molecule has 0 spiro atoms. The largest absolute Gasteiger partial charge is 0.380 e. The fraction of sp³-hybridized carbons (Fsp3) is 0.900. The van der Waals surface area contributed by atoms with Crippen molar-refractivity contribution < 1.29 is 9.53 Å². The second-order valence-electron chi connectivity index (χ2n) is 4.67. The van der Waals surface area contributed by atoms with E-state index in [1.54, 1.807) is 0 Å². The molecule has 2 saturated heterocycles. The molecule has 0 saturated carbocycles. The second kappa shape index (κ2) is 3.87. The van der Waals surface area contributed by atoms with Gasteiger partial charge in [0.25, 0.3) is 0 Å². The number of nitrogens with one attached hydrogen (secondary N) is 2. The van der Waals surface area contributed by atoms with E-state index >= 15 is 0 Å². The average Bonchev–Trinajstić information content (AvgIpc) is 2.14. The minimum absolute atomic E-state index is 0.0150. The van der Waals surface area contributed by atoms with Gasteiger partial charge in [-0.3, -0.25) is 4.79 Å². The maximum absolute atomic E-state index is 11.4. The number of ether oxygens (including phenoxy) is 1. The molecule has 2 aliphatic rings. The van der Waals surface area contributed by atoms with Gasteiger partial charge in [0, 0.05) is 18.5 Å². The Bertz CT molecular complexity index is 226. The van der Waals surface area contributed by atoms with Crippen molar-refractivity contribution in [3.63, 3.8) is 0 Å². The standard InChI is InChI=1S/C10H18N2O2/c1-10(6-14-7-10)5-12-8-3-2-4-11-9(8)13/h8,12H,2-7H2,1H3,(H,11,13). The highest BCUT2D eigenvalue weighted by Crippen LogP contribution is 2.25. The van der Waals surface area contributed by atoms with E-state index in [1.807, 2.05) is 0 Å². The van der Waals surface area contributed by atoms with Gasteiger partial charge in [0.2, 0.25) is 5.91 Å². The molecule has 0 aromatic heterocycles. The van der Waals surface area contributed by atoms with Gasteiger partial charge in [-0.25, -0.2) is 0 Å². The van der Waals surface area contributed by atoms with Gasteiger partial charge in [0.15, 0.2) is 0 Å². The summed E-state index contributed by atoms with van der Waals surface area (Å²) in [5.41, 5.74) is 0.248. The van der Waals surface area contributed by atoms with Crippen molar-refractivity contribution in [3.05, 3.63) is 0 Å². The molecule has 1 atom stereocenters. The molecule has 0 radical (unpaired) electrons. The fourth-order valence-corrected chi connectivity index (χ4v) is 1.89. The molecule has 2 aliphatic heterocycles. The van der Waals surface area contributed by atoms with Crippen LogP contribution in [0.4, 0.5) is 0 Å². The van der Waals surface area contributed by atoms with Crippen LogP contribution in [-0.2, 0) is 9.53 Å². The zero-order valence-corrected chi connectivity index (χ0v) is 8.64. The Morgan fingerprint density at radius 2 is 2.43 bits per heavy atom. The summed E-state index contributed by atoms with van der Waals surface area (Å²) in [6, 6.07) is 0.0150. The Hall–Kier alpha value is -0.610. The molecule has 0 bridgehead atoms. The van der Waals surface area contributed by atoms with E-state index in [4.69, 9.17) is 4.74 Å². The van der Waals surface area contributed by atoms with Crippen molar-refractivity contribution in [2.75, 3.05) is 26.3 Å². The molecule has 0 aliphatic carbocycles. The van der Waals surface area contributed by atoms with Crippen LogP contribution in [0.3, 0.4) is 0 Å². The van der Waals surface area contributed by atoms with Crippen molar-refractivity contribution >= 4 is 5.91 Å². The summed E-state index contributed by atoms with van der Waals surface area (Å²) >= 11 is 0. The molecule has 1 amide bonds. The van der Waals surface area contributed by atoms with E-state index in [0.29, 0.717) is 0 Å². The minimum atomic E-state index is 0.0150. The first kappa shape index (κ1) is 9.93. The quantitative estimate of drug-likeness (QED) is 0.665. The van der Waals surface area contributed by atoms with Crippen LogP contribution in [0.2, 0.25) is 0 Å². The van der Waals surface area contributed by atoms with Gasteiger partial charge in [-0.2, -0.15) is 0 Å². The van der Waals surface area contributed by atoms with E-state index in [0.717, 1.165) is 39.1 Å². The number of hydrogen-bond acceptors (Lipinski definition) is 3. The van der Waals surface area contributed by atoms with Crippen molar-refractivity contribution in [1.29, 1.82) is 0 Å². The zero-order chi connectivity index (χ0) is 10.0. The topological polar surface area (TPSA) is 50.4 Å². The summed E-state index contributed by atoms with van der Waals surface area (Å²) in [6.07, 6.45) is 2.04. The van der Waals surface area contributed by atoms with Crippen LogP contribution < -0.4 is 10.6 Å². The lowest BCUT2D eigenvalue weighted by Gasteiger charge is -2.39. The molecule has 0 aromatic carbocycles. The van der Waals surface area contributed by atoms with Gasteiger partial charge in [0.05, 0.1) is 19.3 Å². The normalized spacial score (nSPS) is 30.6. The molecule has 14 heavy (non-hydrogen) atoms. The van der Waals surface area contributed by atoms with E-state index in [9.17, 15) is 4.79 Å². The number of carbonyl (C=O) groups excluding carboxylic acids is 1. The Kier molecular flexibility index (Phi) is 2.74. The third kappa shape index (κ3) is 2.07. The van der Waals surface area contributed by atoms with Gasteiger partial charge in [-0.05, 0) is 12.8 Å². The molecule has 2 rings (SSSR count). The van der Waals surface area contributed by atoms with Crippen LogP contribution in [0.15, 0.2) is 0 Å². The van der Waals surface area contributed by atoms with Crippen LogP contribution in [0.25, 0.3) is 0 Å². The molecule has 4 heteroatoms. The van der Waals surface area contributed by atoms with Gasteiger partial charge in [-0.1, -0.05) is 6.92 Å². The maximum atomic E-state index is 11.4. The smallest absolute Gasteiger partial charge is 0.237 e. The SMILES string of the molecule is CC1(CNC2CCCNC2=O)COC1. The number of rotatable bonds is 3. The molecule has 1 unspecified atom stereocenters. The van der Waals surface area contributed by atoms with E-state index in [2.05, 4.69) is 17.6 Å². The maximum Gasteiger partial charge on any atom is 0.237 e. The lowest BCUT2D eigenvalue weighted by molar-refractivity contribution is -0.126. The van der Waals surface area contributed by atoms with E-state index in [1.165, 1.54) is 0 Å². The highest BCUT2D eigenvalue weighted by atomic mass is 16.5. The van der Waals surface area contributed by atoms with Crippen LogP contribution in [0.5, 0.6) is 0 Å². The summed E-state index contributed by atoms with van der Waals surface area (Å²) in [4.78, 5) is 11.4. The fourth-order valence-electron chi connectivity index (χ4n) is 1.89. The van der Waals surface area contributed by atoms with Gasteiger partial charge < -0.3 is 15.4 Å². The summed E-state index contributed by atoms with van der Waals surface area (Å²) < 4.78 is 5.16. The lowest BCUT2D eigenvalue weighted by atomic mass is 9.88. The minimum Gasteiger partial charge on any atom is -0.380 e. The number of piperidine rings is 1. The second-order valence-corrected chi connectivity index (χ2v) is 4.67. The van der Waals surface area contributed by atoms with Gasteiger partial charge in [0.1, 0.15) is 0 Å². The summed E-state index contributed by atoms with van der Waals surface area (Å²) in [7, 11) is 0. The molecule has 4 nitrogen and oxygen atoms in total. The number of amides is 1. The Morgan fingerprint density at radius 3 is 3.00 bits per heavy atom. The third-order valence-corrected chi connectivity index (χ3v) is 2.96. The molecule has 80 valence electrons. The lowest BCUT2D eigenvalue weighted by Crippen LogP contribution is -2.54. The summed E-state index contributed by atoms with van der Waals surface area (Å²) in [5, 5.41) is 6.19. The van der Waals surface area contributed by atoms with E-state index in [-0.39, 0.29) is 17.4 Å². The summed E-state index contributed by atoms with van der Waals surface area (Å²) in [6.45, 7) is 5.52.